The molecule has 0 aromatic rings. The van der Waals surface area contributed by atoms with Crippen molar-refractivity contribution in [3.63, 3.8) is 0 Å². The summed E-state index contributed by atoms with van der Waals surface area (Å²) >= 11 is 5.58. The van der Waals surface area contributed by atoms with Gasteiger partial charge in [0.2, 0.25) is 0 Å². The van der Waals surface area contributed by atoms with Crippen molar-refractivity contribution in [2.45, 2.75) is 88.9 Å². The molecule has 1 rings (SSSR count). The van der Waals surface area contributed by atoms with Crippen LogP contribution in [0.25, 0.3) is 0 Å². The maximum atomic E-state index is 12.5. The zero-order valence-electron chi connectivity index (χ0n) is 16.1. The monoisotopic (exact) mass is 412 g/mol. The van der Waals surface area contributed by atoms with Gasteiger partial charge in [0.1, 0.15) is 24.4 Å². The molecule has 10 heteroatoms. The molecule has 6 N–H and O–H groups in total. The van der Waals surface area contributed by atoms with E-state index in [2.05, 4.69) is 5.32 Å². The van der Waals surface area contributed by atoms with Crippen LogP contribution in [0.2, 0.25) is 0 Å². The number of urea groups is 1. The molecule has 2 unspecified atom stereocenters. The Hall–Kier alpha value is -0.680. The van der Waals surface area contributed by atoms with Crippen LogP contribution in [0.1, 0.15) is 46.5 Å². The van der Waals surface area contributed by atoms with E-state index in [4.69, 9.17) is 16.3 Å². The van der Waals surface area contributed by atoms with Crippen LogP contribution >= 0.6 is 11.6 Å². The number of hydrogen-bond acceptors (Lipinski definition) is 7. The summed E-state index contributed by atoms with van der Waals surface area (Å²) in [5, 5.41) is 54.6. The zero-order valence-corrected chi connectivity index (χ0v) is 16.8. The lowest BCUT2D eigenvalue weighted by Gasteiger charge is -2.49. The highest BCUT2D eigenvalue weighted by Crippen LogP contribution is 2.34. The number of carbonyl (C=O) groups is 1. The van der Waals surface area contributed by atoms with Gasteiger partial charge < -0.3 is 35.6 Å². The lowest BCUT2D eigenvalue weighted by molar-refractivity contribution is -0.365. The van der Waals surface area contributed by atoms with Crippen LogP contribution in [0.15, 0.2) is 0 Å². The van der Waals surface area contributed by atoms with E-state index < -0.39 is 48.5 Å². The summed E-state index contributed by atoms with van der Waals surface area (Å²) in [5.74, 6) is -1.96. The van der Waals surface area contributed by atoms with Crippen LogP contribution in [0.3, 0.4) is 0 Å². The van der Waals surface area contributed by atoms with Crippen molar-refractivity contribution in [1.82, 2.24) is 10.2 Å². The van der Waals surface area contributed by atoms with Crippen molar-refractivity contribution in [3.8, 4) is 0 Å². The first-order valence-corrected chi connectivity index (χ1v) is 9.92. The molecule has 1 aliphatic rings. The fourth-order valence-corrected chi connectivity index (χ4v) is 3.17. The van der Waals surface area contributed by atoms with Crippen molar-refractivity contribution < 1.29 is 35.1 Å². The van der Waals surface area contributed by atoms with Gasteiger partial charge >= 0.3 is 6.03 Å². The first-order chi connectivity index (χ1) is 12.6. The van der Waals surface area contributed by atoms with Crippen molar-refractivity contribution in [2.75, 3.05) is 12.4 Å². The number of aliphatic hydroxyl groups is 5. The fourth-order valence-electron chi connectivity index (χ4n) is 3.08. The summed E-state index contributed by atoms with van der Waals surface area (Å²) in [6.07, 6.45) is -6.69. The first-order valence-electron chi connectivity index (χ1n) is 9.39. The topological polar surface area (TPSA) is 143 Å². The largest absolute Gasteiger partial charge is 0.387 e. The molecule has 0 bridgehead atoms. The molecule has 0 saturated carbocycles. The van der Waals surface area contributed by atoms with E-state index in [-0.39, 0.29) is 18.8 Å². The average molecular weight is 413 g/mol. The number of alkyl halides is 1. The second kappa shape index (κ2) is 10.8. The van der Waals surface area contributed by atoms with E-state index >= 15 is 0 Å². The number of aliphatic hydroxyl groups excluding tert-OH is 4. The van der Waals surface area contributed by atoms with Gasteiger partial charge in [-0.3, -0.25) is 4.90 Å². The van der Waals surface area contributed by atoms with Crippen molar-refractivity contribution >= 4 is 17.6 Å². The predicted molar refractivity (Wildman–Crippen MR) is 99.1 cm³/mol. The van der Waals surface area contributed by atoms with Crippen molar-refractivity contribution in [2.24, 2.45) is 0 Å². The maximum absolute atomic E-state index is 12.5. The summed E-state index contributed by atoms with van der Waals surface area (Å²) in [7, 11) is 0. The summed E-state index contributed by atoms with van der Waals surface area (Å²) < 4.78 is 5.46. The molecule has 0 aliphatic carbocycles. The van der Waals surface area contributed by atoms with E-state index in [0.29, 0.717) is 19.3 Å². The van der Waals surface area contributed by atoms with Gasteiger partial charge in [-0.05, 0) is 19.8 Å². The zero-order chi connectivity index (χ0) is 20.8. The highest BCUT2D eigenvalue weighted by Gasteiger charge is 2.55. The van der Waals surface area contributed by atoms with Crippen LogP contribution in [-0.2, 0) is 4.74 Å². The maximum Gasteiger partial charge on any atom is 0.319 e. The Morgan fingerprint density at radius 2 is 1.93 bits per heavy atom. The first kappa shape index (κ1) is 24.4. The Kier molecular flexibility index (Phi) is 9.70. The van der Waals surface area contributed by atoms with Gasteiger partial charge in [-0.2, -0.15) is 0 Å². The molecule has 0 spiro atoms. The molecule has 1 saturated heterocycles. The SMILES string of the molecule is CCCC[C@@]1(O)O[C@H](C(O)N(C(=O)NCCCl)C(C)CC)[C@@H](O)[C@H](O)[C@H]1O. The third-order valence-corrected chi connectivity index (χ3v) is 5.14. The third kappa shape index (κ3) is 5.66. The van der Waals surface area contributed by atoms with E-state index in [1.807, 2.05) is 13.8 Å². The number of unbranched alkanes of at least 4 members (excludes halogenated alkanes) is 1. The number of nitrogens with one attached hydrogen (secondary N) is 1. The molecule has 7 atom stereocenters. The van der Waals surface area contributed by atoms with Crippen molar-refractivity contribution in [1.29, 1.82) is 0 Å². The van der Waals surface area contributed by atoms with Crippen LogP contribution < -0.4 is 5.32 Å². The van der Waals surface area contributed by atoms with Gasteiger partial charge in [-0.15, -0.1) is 11.6 Å². The number of nitrogens with zero attached hydrogens (tertiary/aromatic N) is 1. The summed E-state index contributed by atoms with van der Waals surface area (Å²) in [4.78, 5) is 13.5. The predicted octanol–water partition coefficient (Wildman–Crippen LogP) is -0.286. The molecular formula is C17H33ClN2O7. The minimum Gasteiger partial charge on any atom is -0.387 e. The lowest BCUT2D eigenvalue weighted by Crippen LogP contribution is -2.69. The Morgan fingerprint density at radius 3 is 2.44 bits per heavy atom. The van der Waals surface area contributed by atoms with Gasteiger partial charge in [0.15, 0.2) is 12.0 Å². The molecule has 0 radical (unpaired) electrons. The molecule has 27 heavy (non-hydrogen) atoms. The smallest absolute Gasteiger partial charge is 0.319 e. The number of rotatable bonds is 9. The van der Waals surface area contributed by atoms with Crippen LogP contribution in [0.4, 0.5) is 4.79 Å². The second-order valence-corrected chi connectivity index (χ2v) is 7.33. The normalized spacial score (nSPS) is 33.4. The third-order valence-electron chi connectivity index (χ3n) is 4.95. The standard InChI is InChI=1S/C17H33ClN2O7/c1-4-6-7-17(26)14(23)12(22)11(21)13(27-17)15(24)20(10(3)5-2)16(25)19-9-8-18/h10-15,21-24,26H,4-9H2,1-3H3,(H,19,25)/t10?,11-,12-,13-,14+,15?,17+/m0/s1. The molecule has 2 amide bonds. The molecule has 1 heterocycles. The van der Waals surface area contributed by atoms with Crippen LogP contribution in [-0.4, -0.2) is 91.4 Å². The quantitative estimate of drug-likeness (QED) is 0.226. The Balaban J connectivity index is 3.10. The van der Waals surface area contributed by atoms with E-state index in [1.165, 1.54) is 0 Å². The highest BCUT2D eigenvalue weighted by molar-refractivity contribution is 6.18. The molecular weight excluding hydrogens is 380 g/mol. The number of ether oxygens (including phenoxy) is 1. The van der Waals surface area contributed by atoms with Crippen LogP contribution in [0.5, 0.6) is 0 Å². The summed E-state index contributed by atoms with van der Waals surface area (Å²) in [6.45, 7) is 5.57. The molecule has 9 nitrogen and oxygen atoms in total. The molecule has 1 fully saturated rings. The van der Waals surface area contributed by atoms with E-state index in [0.717, 1.165) is 4.90 Å². The molecule has 0 aromatic heterocycles. The minimum absolute atomic E-state index is 0.000553. The van der Waals surface area contributed by atoms with Gasteiger partial charge in [0.05, 0.1) is 0 Å². The van der Waals surface area contributed by atoms with Gasteiger partial charge in [-0.25, -0.2) is 4.79 Å². The number of amides is 2. The number of hydrogen-bond donors (Lipinski definition) is 6. The second-order valence-electron chi connectivity index (χ2n) is 6.96. The minimum atomic E-state index is -2.14. The van der Waals surface area contributed by atoms with Gasteiger partial charge in [0.25, 0.3) is 0 Å². The lowest BCUT2D eigenvalue weighted by atomic mass is 9.88. The number of halogens is 1. The summed E-state index contributed by atoms with van der Waals surface area (Å²) in [5.41, 5.74) is 0. The molecule has 160 valence electrons. The molecule has 1 aliphatic heterocycles. The summed E-state index contributed by atoms with van der Waals surface area (Å²) in [6, 6.07) is -1.05. The van der Waals surface area contributed by atoms with Crippen LogP contribution in [0, 0.1) is 0 Å². The molecule has 0 aromatic carbocycles. The Morgan fingerprint density at radius 1 is 1.30 bits per heavy atom. The average Bonchev–Trinajstić information content (AvgIpc) is 2.65. The van der Waals surface area contributed by atoms with Gasteiger partial charge in [0, 0.05) is 24.9 Å². The highest BCUT2D eigenvalue weighted by atomic mass is 35.5. The number of carbonyl (C=O) groups excluding carboxylic acids is 1. The Labute approximate surface area is 164 Å². The Bertz CT molecular complexity index is 473. The van der Waals surface area contributed by atoms with Gasteiger partial charge in [-0.1, -0.05) is 20.3 Å². The fraction of sp³-hybridized carbons (Fsp3) is 0.941. The van der Waals surface area contributed by atoms with E-state index in [9.17, 15) is 30.3 Å². The van der Waals surface area contributed by atoms with E-state index in [1.54, 1.807) is 6.92 Å². The van der Waals surface area contributed by atoms with Crippen molar-refractivity contribution in [3.05, 3.63) is 0 Å².